The van der Waals surface area contributed by atoms with Crippen molar-refractivity contribution in [3.05, 3.63) is 18.2 Å². The Balaban J connectivity index is 2.08. The first-order valence-electron chi connectivity index (χ1n) is 6.53. The summed E-state index contributed by atoms with van der Waals surface area (Å²) in [5.74, 6) is -0.459. The Morgan fingerprint density at radius 2 is 2.10 bits per heavy atom. The highest BCUT2D eigenvalue weighted by Gasteiger charge is 2.27. The highest BCUT2D eigenvalue weighted by Crippen LogP contribution is 2.28. The van der Waals surface area contributed by atoms with Crippen molar-refractivity contribution in [3.63, 3.8) is 0 Å². The number of rotatable bonds is 4. The van der Waals surface area contributed by atoms with E-state index in [1.54, 1.807) is 18.2 Å². The number of ether oxygens (including phenoxy) is 1. The molecule has 3 amide bonds. The van der Waals surface area contributed by atoms with E-state index >= 15 is 0 Å². The van der Waals surface area contributed by atoms with Gasteiger partial charge in [-0.25, -0.2) is 0 Å². The van der Waals surface area contributed by atoms with Crippen LogP contribution in [-0.2, 0) is 14.4 Å². The molecule has 1 saturated heterocycles. The minimum absolute atomic E-state index is 0.117. The van der Waals surface area contributed by atoms with Crippen molar-refractivity contribution < 1.29 is 19.1 Å². The summed E-state index contributed by atoms with van der Waals surface area (Å²) in [6, 6.07) is 4.93. The first kappa shape index (κ1) is 14.8. The molecule has 1 aromatic rings. The van der Waals surface area contributed by atoms with Crippen LogP contribution < -0.4 is 20.7 Å². The Labute approximate surface area is 122 Å². The maximum atomic E-state index is 12.0. The summed E-state index contributed by atoms with van der Waals surface area (Å²) >= 11 is 0. The Kier molecular flexibility index (Phi) is 4.42. The lowest BCUT2D eigenvalue weighted by atomic mass is 10.1. The van der Waals surface area contributed by atoms with Crippen LogP contribution in [0.25, 0.3) is 0 Å². The number of carbonyl (C=O) groups is 3. The van der Waals surface area contributed by atoms with E-state index in [0.29, 0.717) is 23.7 Å². The molecule has 0 saturated carbocycles. The van der Waals surface area contributed by atoms with E-state index in [2.05, 4.69) is 16.0 Å². The van der Waals surface area contributed by atoms with Crippen molar-refractivity contribution >= 4 is 29.1 Å². The van der Waals surface area contributed by atoms with Crippen molar-refractivity contribution in [2.75, 3.05) is 24.3 Å². The Bertz CT molecular complexity index is 586. The predicted molar refractivity (Wildman–Crippen MR) is 77.0 cm³/mol. The number of benzene rings is 1. The van der Waals surface area contributed by atoms with Crippen LogP contribution in [0.1, 0.15) is 13.3 Å². The topological polar surface area (TPSA) is 96.5 Å². The van der Waals surface area contributed by atoms with Crippen LogP contribution in [0.4, 0.5) is 11.4 Å². The summed E-state index contributed by atoms with van der Waals surface area (Å²) in [7, 11) is 1.48. The van der Waals surface area contributed by atoms with Crippen LogP contribution in [0.5, 0.6) is 5.75 Å². The van der Waals surface area contributed by atoms with Gasteiger partial charge >= 0.3 is 0 Å². The Morgan fingerprint density at radius 3 is 2.67 bits per heavy atom. The van der Waals surface area contributed by atoms with Gasteiger partial charge in [-0.1, -0.05) is 0 Å². The van der Waals surface area contributed by atoms with Crippen LogP contribution >= 0.6 is 0 Å². The predicted octanol–water partition coefficient (Wildman–Crippen LogP) is 0.728. The quantitative estimate of drug-likeness (QED) is 0.762. The van der Waals surface area contributed by atoms with Crippen molar-refractivity contribution in [1.29, 1.82) is 0 Å². The molecular weight excluding hydrogens is 274 g/mol. The fourth-order valence-corrected chi connectivity index (χ4v) is 2.10. The standard InChI is InChI=1S/C14H17N3O4/c1-8(18)16-11-4-3-10(6-12(11)21-2)17-14(20)9-5-13(19)15-7-9/h3-4,6,9H,5,7H2,1-2H3,(H,15,19)(H,16,18)(H,17,20). The molecule has 112 valence electrons. The Morgan fingerprint density at radius 1 is 1.33 bits per heavy atom. The molecule has 1 heterocycles. The van der Waals surface area contributed by atoms with Gasteiger partial charge in [-0.3, -0.25) is 14.4 Å². The second-order valence-electron chi connectivity index (χ2n) is 4.79. The van der Waals surface area contributed by atoms with Crippen LogP contribution in [0.15, 0.2) is 18.2 Å². The molecule has 1 aliphatic rings. The van der Waals surface area contributed by atoms with E-state index in [4.69, 9.17) is 4.74 Å². The molecule has 3 N–H and O–H groups in total. The van der Waals surface area contributed by atoms with Gasteiger partial charge < -0.3 is 20.7 Å². The first-order chi connectivity index (χ1) is 9.99. The minimum Gasteiger partial charge on any atom is -0.494 e. The molecule has 0 radical (unpaired) electrons. The minimum atomic E-state index is -0.362. The lowest BCUT2D eigenvalue weighted by Crippen LogP contribution is -2.24. The summed E-state index contributed by atoms with van der Waals surface area (Å²) in [4.78, 5) is 34.2. The summed E-state index contributed by atoms with van der Waals surface area (Å²) in [5.41, 5.74) is 1.08. The molecule has 1 aromatic carbocycles. The lowest BCUT2D eigenvalue weighted by Gasteiger charge is -2.13. The number of hydrogen-bond acceptors (Lipinski definition) is 4. The van der Waals surface area contributed by atoms with E-state index in [0.717, 1.165) is 0 Å². The Hall–Kier alpha value is -2.57. The van der Waals surface area contributed by atoms with Gasteiger partial charge in [-0.15, -0.1) is 0 Å². The summed E-state index contributed by atoms with van der Waals surface area (Å²) in [5, 5.41) is 7.99. The van der Waals surface area contributed by atoms with Crippen LogP contribution in [0.2, 0.25) is 0 Å². The van der Waals surface area contributed by atoms with Crippen LogP contribution in [0, 0.1) is 5.92 Å². The third-order valence-electron chi connectivity index (χ3n) is 3.13. The molecule has 7 nitrogen and oxygen atoms in total. The zero-order valence-electron chi connectivity index (χ0n) is 11.9. The van der Waals surface area contributed by atoms with Gasteiger partial charge in [0, 0.05) is 31.6 Å². The average molecular weight is 291 g/mol. The van der Waals surface area contributed by atoms with Crippen LogP contribution in [-0.4, -0.2) is 31.4 Å². The fraction of sp³-hybridized carbons (Fsp3) is 0.357. The summed E-state index contributed by atoms with van der Waals surface area (Å²) < 4.78 is 5.18. The number of hydrogen-bond donors (Lipinski definition) is 3. The highest BCUT2D eigenvalue weighted by atomic mass is 16.5. The lowest BCUT2D eigenvalue weighted by molar-refractivity contribution is -0.123. The number of anilines is 2. The summed E-state index contributed by atoms with van der Waals surface area (Å²) in [6.07, 6.45) is 0.201. The molecule has 0 aromatic heterocycles. The number of carbonyl (C=O) groups excluding carboxylic acids is 3. The first-order valence-corrected chi connectivity index (χ1v) is 6.53. The second-order valence-corrected chi connectivity index (χ2v) is 4.79. The molecular formula is C14H17N3O4. The SMILES string of the molecule is COc1cc(NC(=O)C2CNC(=O)C2)ccc1NC(C)=O. The molecule has 7 heteroatoms. The number of amides is 3. The fourth-order valence-electron chi connectivity index (χ4n) is 2.10. The highest BCUT2D eigenvalue weighted by molar-refractivity contribution is 5.98. The molecule has 1 fully saturated rings. The van der Waals surface area contributed by atoms with Gasteiger partial charge in [0.15, 0.2) is 0 Å². The largest absolute Gasteiger partial charge is 0.494 e. The van der Waals surface area contributed by atoms with Crippen LogP contribution in [0.3, 0.4) is 0 Å². The maximum absolute atomic E-state index is 12.0. The van der Waals surface area contributed by atoms with Crippen molar-refractivity contribution in [2.45, 2.75) is 13.3 Å². The van der Waals surface area contributed by atoms with E-state index in [1.165, 1.54) is 14.0 Å². The van der Waals surface area contributed by atoms with E-state index < -0.39 is 0 Å². The second kappa shape index (κ2) is 6.25. The number of nitrogens with one attached hydrogen (secondary N) is 3. The molecule has 1 aliphatic heterocycles. The van der Waals surface area contributed by atoms with Crippen molar-refractivity contribution in [2.24, 2.45) is 5.92 Å². The van der Waals surface area contributed by atoms with Gasteiger partial charge in [-0.05, 0) is 12.1 Å². The normalized spacial score (nSPS) is 17.0. The van der Waals surface area contributed by atoms with Gasteiger partial charge in [0.05, 0.1) is 18.7 Å². The van der Waals surface area contributed by atoms with Gasteiger partial charge in [0.2, 0.25) is 17.7 Å². The third kappa shape index (κ3) is 3.71. The van der Waals surface area contributed by atoms with Gasteiger partial charge in [0.1, 0.15) is 5.75 Å². The average Bonchev–Trinajstić information content (AvgIpc) is 2.86. The van der Waals surface area contributed by atoms with Gasteiger partial charge in [0.25, 0.3) is 0 Å². The monoisotopic (exact) mass is 291 g/mol. The zero-order valence-corrected chi connectivity index (χ0v) is 11.9. The number of methoxy groups -OCH3 is 1. The molecule has 21 heavy (non-hydrogen) atoms. The molecule has 1 unspecified atom stereocenters. The molecule has 0 spiro atoms. The maximum Gasteiger partial charge on any atom is 0.229 e. The van der Waals surface area contributed by atoms with E-state index in [1.807, 2.05) is 0 Å². The zero-order chi connectivity index (χ0) is 15.4. The smallest absolute Gasteiger partial charge is 0.229 e. The van der Waals surface area contributed by atoms with E-state index in [-0.39, 0.29) is 30.1 Å². The molecule has 2 rings (SSSR count). The third-order valence-corrected chi connectivity index (χ3v) is 3.13. The molecule has 1 atom stereocenters. The molecule has 0 aliphatic carbocycles. The summed E-state index contributed by atoms with van der Waals surface area (Å²) in [6.45, 7) is 1.75. The molecule has 0 bridgehead atoms. The van der Waals surface area contributed by atoms with E-state index in [9.17, 15) is 14.4 Å². The van der Waals surface area contributed by atoms with Crippen molar-refractivity contribution in [1.82, 2.24) is 5.32 Å². The van der Waals surface area contributed by atoms with Crippen molar-refractivity contribution in [3.8, 4) is 5.75 Å². The van der Waals surface area contributed by atoms with Gasteiger partial charge in [-0.2, -0.15) is 0 Å².